The molecule has 0 spiro atoms. The molecule has 1 fully saturated rings. The summed E-state index contributed by atoms with van der Waals surface area (Å²) in [6, 6.07) is 16.2. The molecule has 5 aromatic rings. The van der Waals surface area contributed by atoms with Crippen molar-refractivity contribution in [3.8, 4) is 0 Å². The summed E-state index contributed by atoms with van der Waals surface area (Å²) in [6.07, 6.45) is -0.252. The minimum atomic E-state index is -1.39. The topological polar surface area (TPSA) is 83.7 Å². The maximum absolute atomic E-state index is 13.5. The molecule has 1 unspecified atom stereocenters. The molecule has 8 nitrogen and oxygen atoms in total. The highest BCUT2D eigenvalue weighted by Crippen LogP contribution is 2.58. The summed E-state index contributed by atoms with van der Waals surface area (Å²) in [4.78, 5) is 26.8. The van der Waals surface area contributed by atoms with Gasteiger partial charge < -0.3 is 28.7 Å². The highest BCUT2D eigenvalue weighted by Gasteiger charge is 2.67. The maximum Gasteiger partial charge on any atom is 0.343 e. The molecule has 8 rings (SSSR count). The molecule has 36 heavy (non-hydrogen) atoms. The number of ether oxygens (including phenoxy) is 3. The highest BCUT2D eigenvalue weighted by atomic mass is 16.6. The Balaban J connectivity index is 1.72. The van der Waals surface area contributed by atoms with Gasteiger partial charge in [-0.1, -0.05) is 36.4 Å². The van der Waals surface area contributed by atoms with Crippen molar-refractivity contribution in [2.75, 3.05) is 14.2 Å². The van der Waals surface area contributed by atoms with Gasteiger partial charge in [-0.05, 0) is 24.6 Å². The lowest BCUT2D eigenvalue weighted by Crippen LogP contribution is -2.57. The molecular weight excluding hydrogens is 458 g/mol. The lowest BCUT2D eigenvalue weighted by atomic mass is 9.88. The normalized spacial score (nSPS) is 26.3. The zero-order chi connectivity index (χ0) is 24.6. The summed E-state index contributed by atoms with van der Waals surface area (Å²) in [6.45, 7) is 2.36. The number of para-hydroxylation sites is 2. The van der Waals surface area contributed by atoms with E-state index in [1.54, 1.807) is 7.11 Å². The van der Waals surface area contributed by atoms with Crippen molar-refractivity contribution >= 4 is 55.5 Å². The van der Waals surface area contributed by atoms with Gasteiger partial charge in [0.25, 0.3) is 5.91 Å². The second-order valence-corrected chi connectivity index (χ2v) is 10.0. The zero-order valence-corrected chi connectivity index (χ0v) is 20.0. The Morgan fingerprint density at radius 1 is 1.03 bits per heavy atom. The van der Waals surface area contributed by atoms with E-state index in [1.807, 2.05) is 43.3 Å². The van der Waals surface area contributed by atoms with E-state index in [0.29, 0.717) is 6.54 Å². The number of aromatic nitrogens is 2. The van der Waals surface area contributed by atoms with Gasteiger partial charge in [-0.2, -0.15) is 0 Å². The number of nitrogens with one attached hydrogen (secondary N) is 1. The van der Waals surface area contributed by atoms with Crippen LogP contribution in [0.5, 0.6) is 0 Å². The van der Waals surface area contributed by atoms with Crippen LogP contribution in [0.3, 0.4) is 0 Å². The van der Waals surface area contributed by atoms with Crippen LogP contribution in [0, 0.1) is 0 Å². The van der Waals surface area contributed by atoms with Crippen molar-refractivity contribution in [1.82, 2.24) is 14.5 Å². The van der Waals surface area contributed by atoms with Crippen LogP contribution in [0.2, 0.25) is 0 Å². The highest BCUT2D eigenvalue weighted by molar-refractivity contribution is 6.31. The van der Waals surface area contributed by atoms with Crippen LogP contribution < -0.4 is 5.32 Å². The number of methoxy groups -OCH3 is 2. The third-order valence-electron chi connectivity index (χ3n) is 8.67. The van der Waals surface area contributed by atoms with Gasteiger partial charge in [-0.25, -0.2) is 4.79 Å². The molecule has 2 aromatic heterocycles. The van der Waals surface area contributed by atoms with E-state index in [4.69, 9.17) is 14.2 Å². The number of carbonyl (C=O) groups excluding carboxylic acids is 2. The van der Waals surface area contributed by atoms with Crippen molar-refractivity contribution in [2.24, 2.45) is 0 Å². The Kier molecular flexibility index (Phi) is 3.54. The van der Waals surface area contributed by atoms with Gasteiger partial charge in [0.05, 0.1) is 34.7 Å². The summed E-state index contributed by atoms with van der Waals surface area (Å²) in [7, 11) is 2.92. The fourth-order valence-corrected chi connectivity index (χ4v) is 7.23. The van der Waals surface area contributed by atoms with Crippen molar-refractivity contribution in [3.05, 3.63) is 59.7 Å². The SMILES string of the molecule is COC(=O)[C@]1(OC)C[C@@H]2OC1(C)n1c3ccccc3c3c4c(c5c6ccccc6n2c5c31)C(=O)NC4. The number of esters is 1. The summed E-state index contributed by atoms with van der Waals surface area (Å²) in [5.41, 5.74) is 2.85. The van der Waals surface area contributed by atoms with Crippen molar-refractivity contribution in [2.45, 2.75) is 37.4 Å². The molecule has 8 heteroatoms. The van der Waals surface area contributed by atoms with Crippen molar-refractivity contribution in [1.29, 1.82) is 0 Å². The second kappa shape index (κ2) is 6.27. The van der Waals surface area contributed by atoms with Crippen LogP contribution in [0.4, 0.5) is 0 Å². The van der Waals surface area contributed by atoms with Gasteiger partial charge in [-0.15, -0.1) is 0 Å². The van der Waals surface area contributed by atoms with E-state index in [-0.39, 0.29) is 12.3 Å². The Hall–Kier alpha value is -3.88. The molecule has 3 aliphatic rings. The molecule has 3 aliphatic heterocycles. The van der Waals surface area contributed by atoms with E-state index in [9.17, 15) is 9.59 Å². The van der Waals surface area contributed by atoms with Gasteiger partial charge in [-0.3, -0.25) is 4.79 Å². The van der Waals surface area contributed by atoms with Crippen LogP contribution in [-0.4, -0.2) is 40.8 Å². The van der Waals surface area contributed by atoms with E-state index in [1.165, 1.54) is 7.11 Å². The molecule has 3 aromatic carbocycles. The Bertz CT molecular complexity index is 1850. The Labute approximate surface area is 205 Å². The fourth-order valence-electron chi connectivity index (χ4n) is 7.23. The van der Waals surface area contributed by atoms with Crippen molar-refractivity contribution in [3.63, 3.8) is 0 Å². The third kappa shape index (κ3) is 1.93. The molecule has 1 N–H and O–H groups in total. The molecule has 2 bridgehead atoms. The number of carbonyl (C=O) groups is 2. The second-order valence-electron chi connectivity index (χ2n) is 10.0. The number of fused-ring (bicyclic) bond motifs is 13. The number of benzene rings is 3. The molecular formula is C28H23N3O5. The van der Waals surface area contributed by atoms with Crippen LogP contribution in [-0.2, 0) is 31.3 Å². The molecule has 0 saturated carbocycles. The molecule has 5 heterocycles. The fraction of sp³-hybridized carbons (Fsp3) is 0.286. The van der Waals surface area contributed by atoms with Gasteiger partial charge in [0.15, 0.2) is 5.72 Å². The first-order chi connectivity index (χ1) is 17.5. The van der Waals surface area contributed by atoms with Crippen LogP contribution in [0.1, 0.15) is 35.5 Å². The standard InChI is InChI=1S/C28H23N3O5/c1-27-28(35-3,26(33)34-2)12-19(36-27)30-17-10-6-4-8-14(17)21-22-16(13-29-25(22)32)20-15-9-5-7-11-18(15)31(27)24(20)23(21)30/h4-11,19H,12-13H2,1-3H3,(H,29,32)/t19-,27?,28+/m0/s1. The van der Waals surface area contributed by atoms with E-state index in [2.05, 4.69) is 26.6 Å². The predicted octanol–water partition coefficient (Wildman–Crippen LogP) is 4.31. The molecule has 0 radical (unpaired) electrons. The van der Waals surface area contributed by atoms with E-state index in [0.717, 1.165) is 54.7 Å². The van der Waals surface area contributed by atoms with Gasteiger partial charge in [0, 0.05) is 41.6 Å². The largest absolute Gasteiger partial charge is 0.467 e. The first-order valence-electron chi connectivity index (χ1n) is 12.1. The van der Waals surface area contributed by atoms with Gasteiger partial charge >= 0.3 is 5.97 Å². The number of hydrogen-bond donors (Lipinski definition) is 1. The molecule has 1 amide bonds. The maximum atomic E-state index is 13.5. The minimum absolute atomic E-state index is 0.0611. The number of hydrogen-bond acceptors (Lipinski definition) is 5. The third-order valence-corrected chi connectivity index (χ3v) is 8.67. The summed E-state index contributed by atoms with van der Waals surface area (Å²) in [5.74, 6) is -0.538. The number of nitrogens with zero attached hydrogens (tertiary/aromatic N) is 2. The quantitative estimate of drug-likeness (QED) is 0.380. The average Bonchev–Trinajstić information content (AvgIpc) is 3.60. The Morgan fingerprint density at radius 3 is 2.44 bits per heavy atom. The van der Waals surface area contributed by atoms with Crippen LogP contribution in [0.15, 0.2) is 48.5 Å². The zero-order valence-electron chi connectivity index (χ0n) is 20.0. The van der Waals surface area contributed by atoms with Crippen LogP contribution >= 0.6 is 0 Å². The van der Waals surface area contributed by atoms with Crippen molar-refractivity contribution < 1.29 is 23.8 Å². The first kappa shape index (κ1) is 20.3. The van der Waals surface area contributed by atoms with Crippen LogP contribution in [0.25, 0.3) is 43.6 Å². The van der Waals surface area contributed by atoms with Gasteiger partial charge in [0.1, 0.15) is 6.23 Å². The summed E-state index contributed by atoms with van der Waals surface area (Å²) >= 11 is 0. The number of rotatable bonds is 2. The van der Waals surface area contributed by atoms with Gasteiger partial charge in [0.2, 0.25) is 5.60 Å². The first-order valence-corrected chi connectivity index (χ1v) is 12.1. The molecule has 180 valence electrons. The Morgan fingerprint density at radius 2 is 1.72 bits per heavy atom. The van der Waals surface area contributed by atoms with E-state index < -0.39 is 23.5 Å². The smallest absolute Gasteiger partial charge is 0.343 e. The molecule has 3 atom stereocenters. The van der Waals surface area contributed by atoms with E-state index >= 15 is 0 Å². The summed E-state index contributed by atoms with van der Waals surface area (Å²) < 4.78 is 22.6. The number of amides is 1. The monoisotopic (exact) mass is 481 g/mol. The molecule has 0 aliphatic carbocycles. The molecule has 1 saturated heterocycles. The predicted molar refractivity (Wildman–Crippen MR) is 134 cm³/mol. The average molecular weight is 482 g/mol. The lowest BCUT2D eigenvalue weighted by Gasteiger charge is -2.40. The minimum Gasteiger partial charge on any atom is -0.467 e. The summed E-state index contributed by atoms with van der Waals surface area (Å²) in [5, 5.41) is 6.98. The lowest BCUT2D eigenvalue weighted by molar-refractivity contribution is -0.210.